The second-order valence-electron chi connectivity index (χ2n) is 7.10. The van der Waals surface area contributed by atoms with Crippen molar-refractivity contribution < 1.29 is 4.79 Å². The summed E-state index contributed by atoms with van der Waals surface area (Å²) in [6.45, 7) is 6.42. The first-order valence-corrected chi connectivity index (χ1v) is 7.86. The van der Waals surface area contributed by atoms with Gasteiger partial charge in [0.1, 0.15) is 0 Å². The number of aryl methyl sites for hydroxylation is 2. The molecule has 0 radical (unpaired) electrons. The van der Waals surface area contributed by atoms with Gasteiger partial charge in [0, 0.05) is 28.6 Å². The van der Waals surface area contributed by atoms with E-state index in [1.165, 1.54) is 53.4 Å². The molecule has 21 heavy (non-hydrogen) atoms. The molecule has 1 heterocycles. The summed E-state index contributed by atoms with van der Waals surface area (Å²) in [7, 11) is 0. The number of carbonyl (C=O) groups is 1. The number of fused-ring (bicyclic) bond motifs is 3. The molecule has 3 heteroatoms. The van der Waals surface area contributed by atoms with Crippen LogP contribution in [0.25, 0.3) is 10.9 Å². The zero-order chi connectivity index (χ0) is 15.0. The first-order valence-electron chi connectivity index (χ1n) is 7.86. The van der Waals surface area contributed by atoms with Crippen molar-refractivity contribution in [3.8, 4) is 0 Å². The molecule has 0 spiro atoms. The predicted molar refractivity (Wildman–Crippen MR) is 86.2 cm³/mol. The fraction of sp³-hybridized carbons (Fsp3) is 0.500. The van der Waals surface area contributed by atoms with Gasteiger partial charge in [-0.15, -0.1) is 0 Å². The van der Waals surface area contributed by atoms with Crippen LogP contribution in [0.1, 0.15) is 50.4 Å². The van der Waals surface area contributed by atoms with Crippen molar-refractivity contribution in [1.82, 2.24) is 10.3 Å². The van der Waals surface area contributed by atoms with Gasteiger partial charge in [0.15, 0.2) is 0 Å². The van der Waals surface area contributed by atoms with Gasteiger partial charge in [0.2, 0.25) is 5.91 Å². The van der Waals surface area contributed by atoms with Gasteiger partial charge < -0.3 is 10.3 Å². The number of aromatic amines is 1. The number of nitrogens with one attached hydrogen (secondary N) is 2. The topological polar surface area (TPSA) is 44.9 Å². The van der Waals surface area contributed by atoms with Crippen LogP contribution < -0.4 is 5.32 Å². The van der Waals surface area contributed by atoms with Crippen LogP contribution in [-0.4, -0.2) is 10.9 Å². The van der Waals surface area contributed by atoms with Gasteiger partial charge in [0.25, 0.3) is 0 Å². The quantitative estimate of drug-likeness (QED) is 0.867. The third kappa shape index (κ3) is 2.82. The zero-order valence-electron chi connectivity index (χ0n) is 13.2. The summed E-state index contributed by atoms with van der Waals surface area (Å²) in [6.07, 6.45) is 4.91. The average molecular weight is 284 g/mol. The van der Waals surface area contributed by atoms with Crippen LogP contribution in [0.5, 0.6) is 0 Å². The maximum absolute atomic E-state index is 12.0. The van der Waals surface area contributed by atoms with Crippen molar-refractivity contribution in [1.29, 1.82) is 0 Å². The van der Waals surface area contributed by atoms with E-state index in [4.69, 9.17) is 0 Å². The Morgan fingerprint density at radius 3 is 2.76 bits per heavy atom. The summed E-state index contributed by atoms with van der Waals surface area (Å²) < 4.78 is 0. The maximum Gasteiger partial charge on any atom is 0.225 e. The number of amides is 1. The lowest BCUT2D eigenvalue weighted by atomic mass is 9.94. The van der Waals surface area contributed by atoms with Crippen LogP contribution in [0.4, 0.5) is 0 Å². The normalized spacial score (nSPS) is 15.0. The zero-order valence-corrected chi connectivity index (χ0v) is 13.2. The third-order valence-electron chi connectivity index (χ3n) is 4.30. The molecule has 0 bridgehead atoms. The van der Waals surface area contributed by atoms with Crippen LogP contribution in [0.3, 0.4) is 0 Å². The van der Waals surface area contributed by atoms with Gasteiger partial charge in [-0.3, -0.25) is 4.79 Å². The predicted octanol–water partition coefficient (Wildman–Crippen LogP) is 3.71. The summed E-state index contributed by atoms with van der Waals surface area (Å²) in [5, 5.41) is 4.37. The summed E-state index contributed by atoms with van der Waals surface area (Å²) in [5.41, 5.74) is 4.96. The molecular weight excluding hydrogens is 260 g/mol. The number of hydrogen-bond acceptors (Lipinski definition) is 1. The second-order valence-corrected chi connectivity index (χ2v) is 7.10. The van der Waals surface area contributed by atoms with Gasteiger partial charge in [0.05, 0.1) is 0 Å². The van der Waals surface area contributed by atoms with Gasteiger partial charge in [-0.2, -0.15) is 0 Å². The van der Waals surface area contributed by atoms with E-state index in [0.29, 0.717) is 6.54 Å². The average Bonchev–Trinajstić information content (AvgIpc) is 2.81. The fourth-order valence-electron chi connectivity index (χ4n) is 3.01. The fourth-order valence-corrected chi connectivity index (χ4v) is 3.01. The summed E-state index contributed by atoms with van der Waals surface area (Å²) >= 11 is 0. The highest BCUT2D eigenvalue weighted by Crippen LogP contribution is 2.29. The summed E-state index contributed by atoms with van der Waals surface area (Å²) in [5.74, 6) is 0.0960. The molecule has 1 aliphatic rings. The van der Waals surface area contributed by atoms with Crippen LogP contribution in [0, 0.1) is 5.41 Å². The lowest BCUT2D eigenvalue weighted by molar-refractivity contribution is -0.128. The van der Waals surface area contributed by atoms with E-state index in [-0.39, 0.29) is 11.3 Å². The van der Waals surface area contributed by atoms with E-state index in [2.05, 4.69) is 28.5 Å². The second kappa shape index (κ2) is 5.21. The Hall–Kier alpha value is -1.77. The van der Waals surface area contributed by atoms with Gasteiger partial charge in [-0.1, -0.05) is 26.8 Å². The number of H-pyrrole nitrogens is 1. The molecule has 1 aliphatic carbocycles. The van der Waals surface area contributed by atoms with Crippen molar-refractivity contribution in [3.05, 3.63) is 35.0 Å². The molecule has 1 aromatic carbocycles. The largest absolute Gasteiger partial charge is 0.358 e. The third-order valence-corrected chi connectivity index (χ3v) is 4.30. The Bertz CT molecular complexity index is 676. The molecule has 3 nitrogen and oxygen atoms in total. The Labute approximate surface area is 126 Å². The number of rotatable bonds is 2. The molecule has 0 unspecified atom stereocenters. The minimum Gasteiger partial charge on any atom is -0.358 e. The smallest absolute Gasteiger partial charge is 0.225 e. The molecule has 2 N–H and O–H groups in total. The number of benzene rings is 1. The highest BCUT2D eigenvalue weighted by molar-refractivity contribution is 5.86. The van der Waals surface area contributed by atoms with Gasteiger partial charge >= 0.3 is 0 Å². The number of hydrogen-bond donors (Lipinski definition) is 2. The van der Waals surface area contributed by atoms with E-state index >= 15 is 0 Å². The van der Waals surface area contributed by atoms with E-state index in [9.17, 15) is 4.79 Å². The maximum atomic E-state index is 12.0. The molecule has 0 saturated heterocycles. The lowest BCUT2D eigenvalue weighted by Crippen LogP contribution is -2.34. The lowest BCUT2D eigenvalue weighted by Gasteiger charge is -2.17. The first-order chi connectivity index (χ1) is 9.95. The van der Waals surface area contributed by atoms with E-state index < -0.39 is 0 Å². The van der Waals surface area contributed by atoms with Crippen molar-refractivity contribution in [3.63, 3.8) is 0 Å². The molecule has 0 aliphatic heterocycles. The molecule has 0 saturated carbocycles. The molecule has 3 rings (SSSR count). The van der Waals surface area contributed by atoms with Crippen LogP contribution in [-0.2, 0) is 24.2 Å². The summed E-state index contributed by atoms with van der Waals surface area (Å²) in [6, 6.07) is 6.48. The molecule has 0 fully saturated rings. The molecule has 1 aromatic heterocycles. The number of aromatic nitrogens is 1. The van der Waals surface area contributed by atoms with Gasteiger partial charge in [-0.25, -0.2) is 0 Å². The minimum atomic E-state index is -0.336. The first kappa shape index (κ1) is 14.2. The molecule has 1 amide bonds. The molecule has 0 atom stereocenters. The van der Waals surface area contributed by atoms with Crippen molar-refractivity contribution in [2.24, 2.45) is 5.41 Å². The highest BCUT2D eigenvalue weighted by Gasteiger charge is 2.21. The van der Waals surface area contributed by atoms with Crippen LogP contribution >= 0.6 is 0 Å². The molecule has 112 valence electrons. The van der Waals surface area contributed by atoms with Crippen LogP contribution in [0.15, 0.2) is 18.2 Å². The highest BCUT2D eigenvalue weighted by atomic mass is 16.2. The van der Waals surface area contributed by atoms with Crippen molar-refractivity contribution in [2.45, 2.75) is 53.0 Å². The van der Waals surface area contributed by atoms with Crippen LogP contribution in [0.2, 0.25) is 0 Å². The Morgan fingerprint density at radius 1 is 1.24 bits per heavy atom. The van der Waals surface area contributed by atoms with E-state index in [0.717, 1.165) is 0 Å². The minimum absolute atomic E-state index is 0.0960. The Morgan fingerprint density at radius 2 is 2.00 bits per heavy atom. The van der Waals surface area contributed by atoms with Crippen molar-refractivity contribution >= 4 is 16.8 Å². The molecular formula is C18H24N2O. The Kier molecular flexibility index (Phi) is 3.52. The van der Waals surface area contributed by atoms with E-state index in [1.807, 2.05) is 20.8 Å². The standard InChI is InChI=1S/C18H24N2O/c1-18(2,3)17(21)19-11-12-8-9-16-14(10-12)13-6-4-5-7-15(13)20-16/h8-10,20H,4-7,11H2,1-3H3,(H,19,21). The SMILES string of the molecule is CC(C)(C)C(=O)NCc1ccc2[nH]c3c(c2c1)CCCC3. The number of carbonyl (C=O) groups excluding carboxylic acids is 1. The Balaban J connectivity index is 1.82. The summed E-state index contributed by atoms with van der Waals surface area (Å²) in [4.78, 5) is 15.5. The van der Waals surface area contributed by atoms with Crippen molar-refractivity contribution in [2.75, 3.05) is 0 Å². The van der Waals surface area contributed by atoms with Gasteiger partial charge in [-0.05, 0) is 48.9 Å². The molecule has 2 aromatic rings. The monoisotopic (exact) mass is 284 g/mol. The van der Waals surface area contributed by atoms with E-state index in [1.54, 1.807) is 0 Å².